The first-order valence-corrected chi connectivity index (χ1v) is 8.35. The Morgan fingerprint density at radius 1 is 1.28 bits per heavy atom. The van der Waals surface area contributed by atoms with Crippen molar-refractivity contribution >= 4 is 34.8 Å². The number of alkyl halides is 3. The molecule has 0 aliphatic rings. The zero-order valence-corrected chi connectivity index (χ0v) is 14.6. The number of pyridine rings is 1. The number of hydrogen-bond donors (Lipinski definition) is 0. The normalized spacial score (nSPS) is 11.2. The smallest absolute Gasteiger partial charge is 0.387 e. The molecule has 0 N–H and O–H groups in total. The Balaban J connectivity index is 2.15. The van der Waals surface area contributed by atoms with E-state index in [-0.39, 0.29) is 11.6 Å². The minimum atomic E-state index is -2.91. The number of rotatable bonds is 6. The highest BCUT2D eigenvalue weighted by Crippen LogP contribution is 2.31. The summed E-state index contributed by atoms with van der Waals surface area (Å²) < 4.78 is 31.9. The molecular formula is C18H14Cl2F2N2O. The molecule has 0 radical (unpaired) electrons. The van der Waals surface area contributed by atoms with E-state index in [4.69, 9.17) is 23.2 Å². The summed E-state index contributed by atoms with van der Waals surface area (Å²) in [5.74, 6) is 0.296. The molecule has 0 bridgehead atoms. The standard InChI is InChI=1S/C18H14Cl2F2N2O/c1-2-11-4-3-5-17(25-18(21)22)13(11)9-14-15(10-19)23-24-7-6-12(20)8-16(14)24/h2-8,18H,1,9-10H2. The van der Waals surface area contributed by atoms with Crippen molar-refractivity contribution < 1.29 is 13.5 Å². The van der Waals surface area contributed by atoms with Gasteiger partial charge in [-0.15, -0.1) is 11.6 Å². The molecular weight excluding hydrogens is 369 g/mol. The summed E-state index contributed by atoms with van der Waals surface area (Å²) in [7, 11) is 0. The number of hydrogen-bond acceptors (Lipinski definition) is 2. The maximum absolute atomic E-state index is 12.8. The van der Waals surface area contributed by atoms with E-state index in [2.05, 4.69) is 16.4 Å². The first kappa shape index (κ1) is 17.7. The van der Waals surface area contributed by atoms with E-state index < -0.39 is 6.61 Å². The lowest BCUT2D eigenvalue weighted by molar-refractivity contribution is -0.0503. The average Bonchev–Trinajstić information content (AvgIpc) is 2.93. The van der Waals surface area contributed by atoms with Crippen molar-refractivity contribution in [1.82, 2.24) is 9.61 Å². The van der Waals surface area contributed by atoms with Gasteiger partial charge in [0.15, 0.2) is 0 Å². The van der Waals surface area contributed by atoms with Gasteiger partial charge in [-0.1, -0.05) is 36.4 Å². The zero-order valence-electron chi connectivity index (χ0n) is 13.1. The van der Waals surface area contributed by atoms with Crippen molar-refractivity contribution in [2.45, 2.75) is 18.9 Å². The van der Waals surface area contributed by atoms with Gasteiger partial charge in [0.05, 0.1) is 17.1 Å². The monoisotopic (exact) mass is 382 g/mol. The Morgan fingerprint density at radius 2 is 2.08 bits per heavy atom. The molecule has 0 fully saturated rings. The molecule has 130 valence electrons. The van der Waals surface area contributed by atoms with E-state index >= 15 is 0 Å². The van der Waals surface area contributed by atoms with Crippen LogP contribution in [-0.2, 0) is 12.3 Å². The molecule has 0 saturated heterocycles. The van der Waals surface area contributed by atoms with Crippen molar-refractivity contribution in [2.75, 3.05) is 0 Å². The number of nitrogens with zero attached hydrogens (tertiary/aromatic N) is 2. The Morgan fingerprint density at radius 3 is 2.76 bits per heavy atom. The quantitative estimate of drug-likeness (QED) is 0.521. The second-order valence-corrected chi connectivity index (χ2v) is 6.02. The van der Waals surface area contributed by atoms with Crippen LogP contribution in [-0.4, -0.2) is 16.2 Å². The molecule has 2 aromatic heterocycles. The van der Waals surface area contributed by atoms with Gasteiger partial charge >= 0.3 is 6.61 Å². The minimum Gasteiger partial charge on any atom is -0.435 e. The summed E-state index contributed by atoms with van der Waals surface area (Å²) in [6, 6.07) is 8.43. The second-order valence-electron chi connectivity index (χ2n) is 5.32. The molecule has 3 aromatic rings. The summed E-state index contributed by atoms with van der Waals surface area (Å²) in [4.78, 5) is 0. The zero-order chi connectivity index (χ0) is 18.0. The highest BCUT2D eigenvalue weighted by molar-refractivity contribution is 6.30. The van der Waals surface area contributed by atoms with Crippen molar-refractivity contribution in [3.8, 4) is 5.75 Å². The SMILES string of the molecule is C=Cc1cccc(OC(F)F)c1Cc1c(CCl)nn2ccc(Cl)cc12. The summed E-state index contributed by atoms with van der Waals surface area (Å²) >= 11 is 12.1. The van der Waals surface area contributed by atoms with Crippen LogP contribution in [0.4, 0.5) is 8.78 Å². The van der Waals surface area contributed by atoms with E-state index in [1.165, 1.54) is 6.07 Å². The van der Waals surface area contributed by atoms with E-state index in [1.54, 1.807) is 41.1 Å². The van der Waals surface area contributed by atoms with Gasteiger partial charge < -0.3 is 4.74 Å². The third-order valence-electron chi connectivity index (χ3n) is 3.87. The summed E-state index contributed by atoms with van der Waals surface area (Å²) in [6.45, 7) is 0.837. The van der Waals surface area contributed by atoms with Crippen LogP contribution >= 0.6 is 23.2 Å². The van der Waals surface area contributed by atoms with Gasteiger partial charge in [0.1, 0.15) is 5.75 Å². The van der Waals surface area contributed by atoms with Crippen LogP contribution < -0.4 is 4.74 Å². The van der Waals surface area contributed by atoms with Gasteiger partial charge in [0, 0.05) is 28.8 Å². The van der Waals surface area contributed by atoms with E-state index in [0.29, 0.717) is 28.3 Å². The Kier molecular flexibility index (Phi) is 5.25. The number of fused-ring (bicyclic) bond motifs is 1. The highest BCUT2D eigenvalue weighted by atomic mass is 35.5. The summed E-state index contributed by atoms with van der Waals surface area (Å²) in [6.07, 6.45) is 3.65. The fraction of sp³-hybridized carbons (Fsp3) is 0.167. The van der Waals surface area contributed by atoms with Gasteiger partial charge in [0.25, 0.3) is 0 Å². The van der Waals surface area contributed by atoms with Crippen molar-refractivity contribution in [3.63, 3.8) is 0 Å². The van der Waals surface area contributed by atoms with Gasteiger partial charge in [-0.3, -0.25) is 0 Å². The van der Waals surface area contributed by atoms with E-state index in [0.717, 1.165) is 11.1 Å². The molecule has 25 heavy (non-hydrogen) atoms. The number of halogens is 4. The third kappa shape index (κ3) is 3.62. The molecule has 0 amide bonds. The molecule has 0 unspecified atom stereocenters. The average molecular weight is 383 g/mol. The molecule has 3 rings (SSSR count). The van der Waals surface area contributed by atoms with Gasteiger partial charge in [-0.2, -0.15) is 13.9 Å². The molecule has 0 saturated carbocycles. The molecule has 3 nitrogen and oxygen atoms in total. The molecule has 7 heteroatoms. The van der Waals surface area contributed by atoms with E-state index in [9.17, 15) is 8.78 Å². The van der Waals surface area contributed by atoms with Crippen LogP contribution in [0.25, 0.3) is 11.6 Å². The van der Waals surface area contributed by atoms with Gasteiger partial charge in [-0.05, 0) is 23.8 Å². The fourth-order valence-corrected chi connectivity index (χ4v) is 3.14. The maximum atomic E-state index is 12.8. The number of aromatic nitrogens is 2. The first-order chi connectivity index (χ1) is 12.0. The molecule has 0 spiro atoms. The molecule has 0 aliphatic carbocycles. The summed E-state index contributed by atoms with van der Waals surface area (Å²) in [5.41, 5.74) is 3.54. The largest absolute Gasteiger partial charge is 0.435 e. The molecule has 0 aliphatic heterocycles. The van der Waals surface area contributed by atoms with Crippen molar-refractivity contribution in [2.24, 2.45) is 0 Å². The second kappa shape index (κ2) is 7.42. The van der Waals surface area contributed by atoms with E-state index in [1.807, 2.05) is 0 Å². The first-order valence-electron chi connectivity index (χ1n) is 7.44. The van der Waals surface area contributed by atoms with Crippen LogP contribution in [0, 0.1) is 0 Å². The maximum Gasteiger partial charge on any atom is 0.387 e. The summed E-state index contributed by atoms with van der Waals surface area (Å²) in [5, 5.41) is 4.98. The molecule has 0 atom stereocenters. The van der Waals surface area contributed by atoms with Gasteiger partial charge in [-0.25, -0.2) is 4.52 Å². The lowest BCUT2D eigenvalue weighted by Crippen LogP contribution is -2.06. The van der Waals surface area contributed by atoms with Crippen molar-refractivity contribution in [3.05, 3.63) is 70.5 Å². The Labute approximate surface area is 153 Å². The van der Waals surface area contributed by atoms with Crippen LogP contribution in [0.5, 0.6) is 5.75 Å². The van der Waals surface area contributed by atoms with Crippen molar-refractivity contribution in [1.29, 1.82) is 0 Å². The van der Waals surface area contributed by atoms with Crippen LogP contribution in [0.15, 0.2) is 43.1 Å². The van der Waals surface area contributed by atoms with Crippen LogP contribution in [0.1, 0.15) is 22.4 Å². The highest BCUT2D eigenvalue weighted by Gasteiger charge is 2.18. The Hall–Kier alpha value is -2.11. The van der Waals surface area contributed by atoms with Crippen LogP contribution in [0.3, 0.4) is 0 Å². The lowest BCUT2D eigenvalue weighted by atomic mass is 9.98. The Bertz CT molecular complexity index is 925. The molecule has 1 aromatic carbocycles. The lowest BCUT2D eigenvalue weighted by Gasteiger charge is -2.13. The fourth-order valence-electron chi connectivity index (χ4n) is 2.76. The van der Waals surface area contributed by atoms with Crippen LogP contribution in [0.2, 0.25) is 5.02 Å². The molecule has 2 heterocycles. The predicted octanol–water partition coefficient (Wildman–Crippen LogP) is 5.56. The van der Waals surface area contributed by atoms with Gasteiger partial charge in [0.2, 0.25) is 0 Å². The third-order valence-corrected chi connectivity index (χ3v) is 4.36. The minimum absolute atomic E-state index is 0.106. The predicted molar refractivity (Wildman–Crippen MR) is 95.7 cm³/mol. The number of ether oxygens (including phenoxy) is 1. The topological polar surface area (TPSA) is 26.5 Å². The number of benzene rings is 1.